The largest absolute Gasteiger partial charge is 0.381 e. The third-order valence-corrected chi connectivity index (χ3v) is 3.68. The van der Waals surface area contributed by atoms with Crippen LogP contribution in [0.25, 0.3) is 0 Å². The van der Waals surface area contributed by atoms with E-state index in [0.29, 0.717) is 25.2 Å². The Kier molecular flexibility index (Phi) is 4.45. The Morgan fingerprint density at radius 2 is 1.85 bits per heavy atom. The summed E-state index contributed by atoms with van der Waals surface area (Å²) in [7, 11) is 0. The van der Waals surface area contributed by atoms with Crippen molar-refractivity contribution in [2.75, 3.05) is 19.8 Å². The summed E-state index contributed by atoms with van der Waals surface area (Å²) >= 11 is 0. The molecule has 0 saturated carbocycles. The van der Waals surface area contributed by atoms with Crippen molar-refractivity contribution in [3.8, 4) is 0 Å². The second kappa shape index (κ2) is 5.78. The topological polar surface area (TPSA) is 21.3 Å². The van der Waals surface area contributed by atoms with Gasteiger partial charge in [0.15, 0.2) is 0 Å². The third kappa shape index (κ3) is 4.25. The highest BCUT2D eigenvalue weighted by Gasteiger charge is 2.36. The molecule has 0 spiro atoms. The molecular weight excluding hydrogens is 260 g/mol. The molecule has 0 bridgehead atoms. The first-order chi connectivity index (χ1) is 9.28. The molecule has 1 aliphatic rings. The predicted molar refractivity (Wildman–Crippen MR) is 75.7 cm³/mol. The van der Waals surface area contributed by atoms with Crippen molar-refractivity contribution in [1.82, 2.24) is 5.32 Å². The zero-order chi connectivity index (χ0) is 14.8. The number of ether oxygens (including phenoxy) is 1. The van der Waals surface area contributed by atoms with Gasteiger partial charge in [0.2, 0.25) is 0 Å². The molecule has 0 aromatic heterocycles. The van der Waals surface area contributed by atoms with Crippen molar-refractivity contribution in [2.24, 2.45) is 5.41 Å². The summed E-state index contributed by atoms with van der Waals surface area (Å²) in [5.74, 6) is -1.03. The van der Waals surface area contributed by atoms with E-state index in [1.807, 2.05) is 0 Å². The number of hydrogen-bond acceptors (Lipinski definition) is 2. The van der Waals surface area contributed by atoms with Crippen LogP contribution in [0.2, 0.25) is 0 Å². The fourth-order valence-electron chi connectivity index (χ4n) is 2.59. The Bertz CT molecular complexity index is 442. The molecule has 1 aromatic rings. The molecule has 1 aliphatic heterocycles. The van der Waals surface area contributed by atoms with Crippen molar-refractivity contribution in [1.29, 1.82) is 0 Å². The zero-order valence-electron chi connectivity index (χ0n) is 12.4. The van der Waals surface area contributed by atoms with E-state index < -0.39 is 11.6 Å². The summed E-state index contributed by atoms with van der Waals surface area (Å²) in [5, 5.41) is 3.49. The van der Waals surface area contributed by atoms with Gasteiger partial charge in [-0.3, -0.25) is 0 Å². The molecule has 1 aromatic carbocycles. The van der Waals surface area contributed by atoms with Crippen molar-refractivity contribution < 1.29 is 13.5 Å². The second-order valence-electron chi connectivity index (χ2n) is 6.86. The maximum atomic E-state index is 13.3. The highest BCUT2D eigenvalue weighted by Crippen LogP contribution is 2.33. The van der Waals surface area contributed by atoms with Gasteiger partial charge in [-0.05, 0) is 51.3 Å². The summed E-state index contributed by atoms with van der Waals surface area (Å²) in [4.78, 5) is 0. The molecule has 2 rings (SSSR count). The minimum atomic E-state index is -0.516. The Morgan fingerprint density at radius 3 is 2.35 bits per heavy atom. The van der Waals surface area contributed by atoms with Crippen LogP contribution in [0.3, 0.4) is 0 Å². The standard InChI is InChI=1S/C16H23F2NO/c1-15(2,3)19-10-16(4-5-20-11-16)9-12-6-13(17)8-14(18)7-12/h6-8,19H,4-5,9-11H2,1-3H3. The summed E-state index contributed by atoms with van der Waals surface area (Å²) in [6, 6.07) is 3.75. The van der Waals surface area contributed by atoms with Gasteiger partial charge in [0.05, 0.1) is 6.61 Å². The van der Waals surface area contributed by atoms with Crippen LogP contribution >= 0.6 is 0 Å². The number of nitrogens with one attached hydrogen (secondary N) is 1. The first-order valence-corrected chi connectivity index (χ1v) is 7.06. The molecule has 1 heterocycles. The van der Waals surface area contributed by atoms with Gasteiger partial charge in [0, 0.05) is 30.2 Å². The van der Waals surface area contributed by atoms with Gasteiger partial charge in [-0.15, -0.1) is 0 Å². The SMILES string of the molecule is CC(C)(C)NCC1(Cc2cc(F)cc(F)c2)CCOC1. The van der Waals surface area contributed by atoms with Crippen LogP contribution in [-0.4, -0.2) is 25.3 Å². The van der Waals surface area contributed by atoms with Gasteiger partial charge in [-0.1, -0.05) is 0 Å². The molecule has 1 unspecified atom stereocenters. The number of hydrogen-bond donors (Lipinski definition) is 1. The minimum Gasteiger partial charge on any atom is -0.381 e. The van der Waals surface area contributed by atoms with Gasteiger partial charge < -0.3 is 10.1 Å². The van der Waals surface area contributed by atoms with E-state index in [-0.39, 0.29) is 11.0 Å². The first-order valence-electron chi connectivity index (χ1n) is 7.06. The van der Waals surface area contributed by atoms with Crippen LogP contribution in [0.15, 0.2) is 18.2 Å². The van der Waals surface area contributed by atoms with Crippen molar-refractivity contribution in [2.45, 2.75) is 39.2 Å². The second-order valence-corrected chi connectivity index (χ2v) is 6.86. The molecule has 0 aliphatic carbocycles. The average molecular weight is 283 g/mol. The lowest BCUT2D eigenvalue weighted by molar-refractivity contribution is 0.144. The van der Waals surface area contributed by atoms with E-state index in [0.717, 1.165) is 19.0 Å². The Hall–Kier alpha value is -1.00. The zero-order valence-corrected chi connectivity index (χ0v) is 12.4. The molecule has 2 nitrogen and oxygen atoms in total. The van der Waals surface area contributed by atoms with Gasteiger partial charge in [0.1, 0.15) is 11.6 Å². The molecule has 0 radical (unpaired) electrons. The molecule has 112 valence electrons. The van der Waals surface area contributed by atoms with Crippen LogP contribution < -0.4 is 5.32 Å². The van der Waals surface area contributed by atoms with Crippen LogP contribution in [0.1, 0.15) is 32.8 Å². The van der Waals surface area contributed by atoms with Crippen LogP contribution in [0.5, 0.6) is 0 Å². The average Bonchev–Trinajstić information content (AvgIpc) is 2.73. The Morgan fingerprint density at radius 1 is 1.20 bits per heavy atom. The van der Waals surface area contributed by atoms with Gasteiger partial charge in [0.25, 0.3) is 0 Å². The lowest BCUT2D eigenvalue weighted by atomic mass is 9.80. The van der Waals surface area contributed by atoms with E-state index in [1.54, 1.807) is 0 Å². The summed E-state index contributed by atoms with van der Waals surface area (Å²) in [6.07, 6.45) is 1.54. The highest BCUT2D eigenvalue weighted by atomic mass is 19.1. The van der Waals surface area contributed by atoms with Crippen molar-refractivity contribution >= 4 is 0 Å². The molecule has 1 atom stereocenters. The van der Waals surface area contributed by atoms with Gasteiger partial charge in [-0.2, -0.15) is 0 Å². The van der Waals surface area contributed by atoms with Crippen molar-refractivity contribution in [3.63, 3.8) is 0 Å². The summed E-state index contributed by atoms with van der Waals surface area (Å²) < 4.78 is 32.2. The summed E-state index contributed by atoms with van der Waals surface area (Å²) in [5.41, 5.74) is 0.639. The van der Waals surface area contributed by atoms with E-state index in [1.165, 1.54) is 12.1 Å². The fraction of sp³-hybridized carbons (Fsp3) is 0.625. The fourth-order valence-corrected chi connectivity index (χ4v) is 2.59. The molecule has 0 amide bonds. The van der Waals surface area contributed by atoms with Crippen LogP contribution in [-0.2, 0) is 11.2 Å². The maximum absolute atomic E-state index is 13.3. The molecule has 1 N–H and O–H groups in total. The summed E-state index contributed by atoms with van der Waals surface area (Å²) in [6.45, 7) is 8.46. The van der Waals surface area contributed by atoms with Crippen molar-refractivity contribution in [3.05, 3.63) is 35.4 Å². The lowest BCUT2D eigenvalue weighted by Crippen LogP contribution is -2.45. The smallest absolute Gasteiger partial charge is 0.126 e. The quantitative estimate of drug-likeness (QED) is 0.915. The monoisotopic (exact) mass is 283 g/mol. The van der Waals surface area contributed by atoms with E-state index in [9.17, 15) is 8.78 Å². The van der Waals surface area contributed by atoms with E-state index >= 15 is 0 Å². The van der Waals surface area contributed by atoms with Crippen LogP contribution in [0, 0.1) is 17.0 Å². The molecular formula is C16H23F2NO. The number of halogens is 2. The predicted octanol–water partition coefficient (Wildman–Crippen LogP) is 3.30. The maximum Gasteiger partial charge on any atom is 0.126 e. The normalized spacial score (nSPS) is 23.2. The Labute approximate surface area is 119 Å². The first kappa shape index (κ1) is 15.4. The third-order valence-electron chi connectivity index (χ3n) is 3.68. The molecule has 1 fully saturated rings. The lowest BCUT2D eigenvalue weighted by Gasteiger charge is -2.32. The minimum absolute atomic E-state index is 0.0166. The van der Waals surface area contributed by atoms with Crippen LogP contribution in [0.4, 0.5) is 8.78 Å². The number of benzene rings is 1. The number of rotatable bonds is 4. The molecule has 1 saturated heterocycles. The molecule has 4 heteroatoms. The van der Waals surface area contributed by atoms with E-state index in [4.69, 9.17) is 4.74 Å². The Balaban J connectivity index is 2.12. The van der Waals surface area contributed by atoms with Gasteiger partial charge in [-0.25, -0.2) is 8.78 Å². The van der Waals surface area contributed by atoms with Gasteiger partial charge >= 0.3 is 0 Å². The van der Waals surface area contributed by atoms with E-state index in [2.05, 4.69) is 26.1 Å². The molecule has 20 heavy (non-hydrogen) atoms. The highest BCUT2D eigenvalue weighted by molar-refractivity contribution is 5.20.